The molecule has 1 fully saturated rings. The van der Waals surface area contributed by atoms with Crippen molar-refractivity contribution in [2.45, 2.75) is 24.7 Å². The summed E-state index contributed by atoms with van der Waals surface area (Å²) in [4.78, 5) is 12.6. The Bertz CT molecular complexity index is 1130. The summed E-state index contributed by atoms with van der Waals surface area (Å²) < 4.78 is 11.0. The number of benzene rings is 2. The molecule has 2 aliphatic carbocycles. The molecule has 0 aliphatic heterocycles. The number of Topliss-reactive ketones (excluding diaryl/α,β-unsaturated/α-hetero) is 1. The van der Waals surface area contributed by atoms with Crippen molar-refractivity contribution in [3.8, 4) is 11.5 Å². The first-order valence-corrected chi connectivity index (χ1v) is 10.2. The summed E-state index contributed by atoms with van der Waals surface area (Å²) in [7, 11) is 3.29. The van der Waals surface area contributed by atoms with Gasteiger partial charge in [0.2, 0.25) is 0 Å². The number of nitrogens with zero attached hydrogens (tertiary/aromatic N) is 1. The van der Waals surface area contributed by atoms with E-state index in [2.05, 4.69) is 52.7 Å². The van der Waals surface area contributed by atoms with Crippen LogP contribution in [0.2, 0.25) is 0 Å². The highest BCUT2D eigenvalue weighted by Gasteiger charge is 2.39. The molecule has 5 heteroatoms. The molecule has 5 rings (SSSR count). The van der Waals surface area contributed by atoms with Gasteiger partial charge in [-0.1, -0.05) is 48.6 Å². The number of carbonyl (C=O) groups is 1. The minimum atomic E-state index is -0.403. The Kier molecular flexibility index (Phi) is 4.46. The third-order valence-corrected chi connectivity index (χ3v) is 6.24. The molecule has 2 aliphatic rings. The normalized spacial score (nSPS) is 19.9. The highest BCUT2D eigenvalue weighted by Crippen LogP contribution is 2.44. The van der Waals surface area contributed by atoms with Crippen molar-refractivity contribution in [1.82, 2.24) is 10.2 Å². The van der Waals surface area contributed by atoms with Crippen LogP contribution >= 0.6 is 0 Å². The summed E-state index contributed by atoms with van der Waals surface area (Å²) in [6.07, 6.45) is 6.89. The number of fused-ring (bicyclic) bond motifs is 1. The van der Waals surface area contributed by atoms with E-state index in [4.69, 9.17) is 9.47 Å². The van der Waals surface area contributed by atoms with E-state index < -0.39 is 5.41 Å². The van der Waals surface area contributed by atoms with Crippen molar-refractivity contribution >= 4 is 11.9 Å². The number of hydrogen-bond donors (Lipinski definition) is 1. The average Bonchev–Trinajstić information content (AvgIpc) is 3.57. The summed E-state index contributed by atoms with van der Waals surface area (Å²) >= 11 is 0. The number of hydrogen-bond acceptors (Lipinski definition) is 4. The van der Waals surface area contributed by atoms with Crippen LogP contribution in [0, 0.1) is 5.92 Å². The van der Waals surface area contributed by atoms with Crippen LogP contribution in [0.1, 0.15) is 45.7 Å². The lowest BCUT2D eigenvalue weighted by atomic mass is 9.68. The van der Waals surface area contributed by atoms with Crippen molar-refractivity contribution < 1.29 is 14.3 Å². The van der Waals surface area contributed by atoms with Crippen LogP contribution in [0.3, 0.4) is 0 Å². The first-order chi connectivity index (χ1) is 14.7. The number of methoxy groups -OCH3 is 2. The molecule has 2 aromatic carbocycles. The van der Waals surface area contributed by atoms with Crippen molar-refractivity contribution in [1.29, 1.82) is 0 Å². The Morgan fingerprint density at radius 2 is 1.80 bits per heavy atom. The number of aromatic nitrogens is 2. The summed E-state index contributed by atoms with van der Waals surface area (Å²) in [5.74, 6) is 1.70. The number of carbonyl (C=O) groups excluding carboxylic acids is 1. The van der Waals surface area contributed by atoms with Crippen molar-refractivity contribution in [3.05, 3.63) is 82.7 Å². The molecular formula is C25H24N2O3. The van der Waals surface area contributed by atoms with E-state index in [0.29, 0.717) is 23.6 Å². The van der Waals surface area contributed by atoms with Gasteiger partial charge in [0.1, 0.15) is 5.69 Å². The maximum atomic E-state index is 12.6. The maximum Gasteiger partial charge on any atom is 0.186 e. The maximum absolute atomic E-state index is 12.6. The quantitative estimate of drug-likeness (QED) is 0.616. The number of ketones is 1. The molecule has 1 N–H and O–H groups in total. The topological polar surface area (TPSA) is 64.2 Å². The third-order valence-electron chi connectivity index (χ3n) is 6.24. The van der Waals surface area contributed by atoms with E-state index in [1.807, 2.05) is 18.2 Å². The van der Waals surface area contributed by atoms with Gasteiger partial charge in [-0.05, 0) is 36.1 Å². The molecule has 30 heavy (non-hydrogen) atoms. The fourth-order valence-corrected chi connectivity index (χ4v) is 4.40. The van der Waals surface area contributed by atoms with Gasteiger partial charge in [-0.2, -0.15) is 5.10 Å². The Morgan fingerprint density at radius 1 is 1.03 bits per heavy atom. The summed E-state index contributed by atoms with van der Waals surface area (Å²) in [5.41, 5.74) is 4.36. The molecule has 1 saturated carbocycles. The van der Waals surface area contributed by atoms with Crippen LogP contribution in [0.5, 0.6) is 11.5 Å². The van der Waals surface area contributed by atoms with Gasteiger partial charge in [-0.3, -0.25) is 9.89 Å². The zero-order valence-electron chi connectivity index (χ0n) is 17.1. The number of nitrogens with one attached hydrogen (secondary N) is 1. The molecule has 0 radical (unpaired) electrons. The van der Waals surface area contributed by atoms with Gasteiger partial charge >= 0.3 is 0 Å². The second-order valence-corrected chi connectivity index (χ2v) is 8.02. The molecule has 152 valence electrons. The zero-order chi connectivity index (χ0) is 20.7. The van der Waals surface area contributed by atoms with Gasteiger partial charge in [0, 0.05) is 29.0 Å². The van der Waals surface area contributed by atoms with Gasteiger partial charge in [-0.25, -0.2) is 0 Å². The first kappa shape index (κ1) is 18.7. The number of allylic oxidation sites excluding steroid dienone is 1. The highest BCUT2D eigenvalue weighted by atomic mass is 16.5. The molecule has 3 aromatic rings. The second-order valence-electron chi connectivity index (χ2n) is 8.02. The fraction of sp³-hybridized carbons (Fsp3) is 0.280. The minimum absolute atomic E-state index is 0.150. The molecule has 0 bridgehead atoms. The number of aromatic amines is 1. The van der Waals surface area contributed by atoms with Gasteiger partial charge in [-0.15, -0.1) is 0 Å². The Balaban J connectivity index is 1.64. The van der Waals surface area contributed by atoms with E-state index in [-0.39, 0.29) is 11.7 Å². The minimum Gasteiger partial charge on any atom is -0.493 e. The average molecular weight is 400 g/mol. The smallest absolute Gasteiger partial charge is 0.186 e. The highest BCUT2D eigenvalue weighted by molar-refractivity contribution is 6.01. The summed E-state index contributed by atoms with van der Waals surface area (Å²) in [6, 6.07) is 16.5. The number of H-pyrrole nitrogens is 1. The molecular weight excluding hydrogens is 376 g/mol. The Labute approximate surface area is 175 Å². The molecule has 5 nitrogen and oxygen atoms in total. The zero-order valence-corrected chi connectivity index (χ0v) is 17.1. The van der Waals surface area contributed by atoms with Crippen LogP contribution in [0.15, 0.2) is 54.6 Å². The lowest BCUT2D eigenvalue weighted by Gasteiger charge is -2.34. The Morgan fingerprint density at radius 3 is 2.50 bits per heavy atom. The monoisotopic (exact) mass is 400 g/mol. The summed E-state index contributed by atoms with van der Waals surface area (Å²) in [5, 5.41) is 7.56. The van der Waals surface area contributed by atoms with E-state index in [1.54, 1.807) is 14.2 Å². The molecule has 1 atom stereocenters. The fourth-order valence-electron chi connectivity index (χ4n) is 4.40. The molecule has 0 amide bonds. The molecule has 0 spiro atoms. The second kappa shape index (κ2) is 7.17. The van der Waals surface area contributed by atoms with Crippen LogP contribution < -0.4 is 9.47 Å². The van der Waals surface area contributed by atoms with E-state index >= 15 is 0 Å². The van der Waals surface area contributed by atoms with Crippen molar-refractivity contribution in [3.63, 3.8) is 0 Å². The van der Waals surface area contributed by atoms with Crippen LogP contribution in [-0.2, 0) is 11.8 Å². The largest absolute Gasteiger partial charge is 0.493 e. The molecule has 0 saturated heterocycles. The molecule has 1 aromatic heterocycles. The van der Waals surface area contributed by atoms with Crippen molar-refractivity contribution in [2.24, 2.45) is 5.92 Å². The van der Waals surface area contributed by atoms with Gasteiger partial charge in [0.25, 0.3) is 0 Å². The third kappa shape index (κ3) is 2.93. The predicted octanol–water partition coefficient (Wildman–Crippen LogP) is 4.58. The number of rotatable bonds is 6. The standard InChI is InChI=1S/C25H24N2O3/c1-29-21-11-10-18(14-22(21)30-2)25(17-6-4-3-5-7-17)13-12-19-20(15-25)26-27-23(19)24(28)16-8-9-16/h3-7,10-14,16H,8-9,15H2,1-2H3,(H,26,27). The van der Waals surface area contributed by atoms with E-state index in [1.165, 1.54) is 5.56 Å². The predicted molar refractivity (Wildman–Crippen MR) is 115 cm³/mol. The van der Waals surface area contributed by atoms with Gasteiger partial charge in [0.05, 0.1) is 14.2 Å². The first-order valence-electron chi connectivity index (χ1n) is 10.2. The van der Waals surface area contributed by atoms with Crippen LogP contribution in [0.4, 0.5) is 0 Å². The van der Waals surface area contributed by atoms with Crippen molar-refractivity contribution in [2.75, 3.05) is 14.2 Å². The Hall–Kier alpha value is -3.34. The molecule has 1 heterocycles. The van der Waals surface area contributed by atoms with Gasteiger partial charge < -0.3 is 9.47 Å². The van der Waals surface area contributed by atoms with Crippen LogP contribution in [-0.4, -0.2) is 30.2 Å². The molecule has 1 unspecified atom stereocenters. The van der Waals surface area contributed by atoms with Gasteiger partial charge in [0.15, 0.2) is 17.3 Å². The van der Waals surface area contributed by atoms with E-state index in [0.717, 1.165) is 29.7 Å². The lowest BCUT2D eigenvalue weighted by molar-refractivity contribution is 0.0962. The van der Waals surface area contributed by atoms with Crippen LogP contribution in [0.25, 0.3) is 6.08 Å². The number of ether oxygens (including phenoxy) is 2. The van der Waals surface area contributed by atoms with E-state index in [9.17, 15) is 4.79 Å². The lowest BCUT2D eigenvalue weighted by Crippen LogP contribution is -2.30. The summed E-state index contributed by atoms with van der Waals surface area (Å²) in [6.45, 7) is 0. The SMILES string of the molecule is COc1ccc(C2(c3ccccc3)C=Cc3c(C(=O)C4CC4)n[nH]c3C2)cc1OC.